The van der Waals surface area contributed by atoms with E-state index in [9.17, 15) is 0 Å². The van der Waals surface area contributed by atoms with Crippen LogP contribution in [0.5, 0.6) is 0 Å². The summed E-state index contributed by atoms with van der Waals surface area (Å²) in [5.41, 5.74) is 2.48. The Morgan fingerprint density at radius 3 is 2.08 bits per heavy atom. The Balaban J connectivity index is 3.23. The SMILES string of the molecule is Cc1cc(Cl)c(Cl)cc1C(C)C. The summed E-state index contributed by atoms with van der Waals surface area (Å²) >= 11 is 11.8. The van der Waals surface area contributed by atoms with Crippen LogP contribution in [0.1, 0.15) is 30.9 Å². The molecule has 0 aliphatic carbocycles. The lowest BCUT2D eigenvalue weighted by molar-refractivity contribution is 0.857. The van der Waals surface area contributed by atoms with Crippen molar-refractivity contribution >= 4 is 23.2 Å². The van der Waals surface area contributed by atoms with E-state index in [-0.39, 0.29) is 0 Å². The van der Waals surface area contributed by atoms with E-state index in [1.165, 1.54) is 11.1 Å². The Labute approximate surface area is 83.5 Å². The molecule has 1 aromatic carbocycles. The normalized spacial score (nSPS) is 10.8. The van der Waals surface area contributed by atoms with Crippen LogP contribution in [0, 0.1) is 6.92 Å². The molecule has 0 aliphatic heterocycles. The van der Waals surface area contributed by atoms with E-state index < -0.39 is 0 Å². The molecule has 1 rings (SSSR count). The minimum absolute atomic E-state index is 0.500. The lowest BCUT2D eigenvalue weighted by Gasteiger charge is -2.10. The second-order valence-electron chi connectivity index (χ2n) is 3.28. The molecular formula is C10H12Cl2. The summed E-state index contributed by atoms with van der Waals surface area (Å²) in [5, 5.41) is 1.28. The first kappa shape index (κ1) is 9.88. The number of hydrogen-bond donors (Lipinski definition) is 0. The van der Waals surface area contributed by atoms with E-state index >= 15 is 0 Å². The monoisotopic (exact) mass is 202 g/mol. The quantitative estimate of drug-likeness (QED) is 0.633. The van der Waals surface area contributed by atoms with Gasteiger partial charge in [-0.15, -0.1) is 0 Å². The molecule has 0 fully saturated rings. The van der Waals surface area contributed by atoms with Crippen LogP contribution in [0.2, 0.25) is 10.0 Å². The van der Waals surface area contributed by atoms with Crippen LogP contribution in [-0.4, -0.2) is 0 Å². The highest BCUT2D eigenvalue weighted by molar-refractivity contribution is 6.42. The molecule has 0 unspecified atom stereocenters. The van der Waals surface area contributed by atoms with E-state index in [2.05, 4.69) is 20.8 Å². The van der Waals surface area contributed by atoms with Gasteiger partial charge < -0.3 is 0 Å². The maximum absolute atomic E-state index is 5.90. The van der Waals surface area contributed by atoms with Crippen molar-refractivity contribution < 1.29 is 0 Å². The molecule has 0 heterocycles. The van der Waals surface area contributed by atoms with Gasteiger partial charge in [-0.2, -0.15) is 0 Å². The van der Waals surface area contributed by atoms with Crippen molar-refractivity contribution in [1.82, 2.24) is 0 Å². The van der Waals surface area contributed by atoms with E-state index in [0.29, 0.717) is 16.0 Å². The highest BCUT2D eigenvalue weighted by atomic mass is 35.5. The smallest absolute Gasteiger partial charge is 0.0595 e. The predicted octanol–water partition coefficient (Wildman–Crippen LogP) is 4.43. The number of halogens is 2. The van der Waals surface area contributed by atoms with Gasteiger partial charge in [0.15, 0.2) is 0 Å². The Morgan fingerprint density at radius 1 is 1.08 bits per heavy atom. The summed E-state index contributed by atoms with van der Waals surface area (Å²) < 4.78 is 0. The second-order valence-corrected chi connectivity index (χ2v) is 4.09. The molecule has 0 amide bonds. The lowest BCUT2D eigenvalue weighted by Crippen LogP contribution is -1.91. The van der Waals surface area contributed by atoms with Crippen molar-refractivity contribution in [2.75, 3.05) is 0 Å². The molecule has 0 aromatic heterocycles. The Morgan fingerprint density at radius 2 is 1.58 bits per heavy atom. The fourth-order valence-corrected chi connectivity index (χ4v) is 1.67. The van der Waals surface area contributed by atoms with Crippen molar-refractivity contribution in [3.05, 3.63) is 33.3 Å². The predicted molar refractivity (Wildman–Crippen MR) is 55.3 cm³/mol. The summed E-state index contributed by atoms with van der Waals surface area (Å²) in [6, 6.07) is 3.86. The van der Waals surface area contributed by atoms with Gasteiger partial charge in [-0.3, -0.25) is 0 Å². The molecule has 0 N–H and O–H groups in total. The van der Waals surface area contributed by atoms with Crippen LogP contribution < -0.4 is 0 Å². The molecule has 0 saturated carbocycles. The summed E-state index contributed by atoms with van der Waals surface area (Å²) in [6.45, 7) is 6.34. The third kappa shape index (κ3) is 1.94. The zero-order valence-electron chi connectivity index (χ0n) is 7.49. The van der Waals surface area contributed by atoms with Crippen LogP contribution in [0.15, 0.2) is 12.1 Å². The molecule has 0 atom stereocenters. The third-order valence-electron chi connectivity index (χ3n) is 1.93. The average Bonchev–Trinajstić information content (AvgIpc) is 1.96. The van der Waals surface area contributed by atoms with Crippen LogP contribution in [0.4, 0.5) is 0 Å². The van der Waals surface area contributed by atoms with E-state index in [1.54, 1.807) is 0 Å². The van der Waals surface area contributed by atoms with Gasteiger partial charge in [0.2, 0.25) is 0 Å². The largest absolute Gasteiger partial charge is 0.0827 e. The number of hydrogen-bond acceptors (Lipinski definition) is 0. The average molecular weight is 203 g/mol. The standard InChI is InChI=1S/C10H12Cl2/c1-6(2)8-5-10(12)9(11)4-7(8)3/h4-6H,1-3H3. The minimum Gasteiger partial charge on any atom is -0.0827 e. The number of benzene rings is 1. The molecule has 0 saturated heterocycles. The summed E-state index contributed by atoms with van der Waals surface area (Å²) in [6.07, 6.45) is 0. The molecule has 0 nitrogen and oxygen atoms in total. The van der Waals surface area contributed by atoms with Gasteiger partial charge in [-0.25, -0.2) is 0 Å². The topological polar surface area (TPSA) is 0 Å². The van der Waals surface area contributed by atoms with Crippen LogP contribution >= 0.6 is 23.2 Å². The highest BCUT2D eigenvalue weighted by Crippen LogP contribution is 2.29. The molecular weight excluding hydrogens is 191 g/mol. The number of aryl methyl sites for hydroxylation is 1. The Hall–Kier alpha value is -0.200. The first-order valence-corrected chi connectivity index (χ1v) is 4.73. The Kier molecular flexibility index (Phi) is 3.03. The van der Waals surface area contributed by atoms with Gasteiger partial charge in [0.25, 0.3) is 0 Å². The molecule has 0 bridgehead atoms. The molecule has 0 aliphatic rings. The first-order valence-electron chi connectivity index (χ1n) is 3.98. The van der Waals surface area contributed by atoms with Crippen molar-refractivity contribution in [3.63, 3.8) is 0 Å². The van der Waals surface area contributed by atoms with Gasteiger partial charge in [0.1, 0.15) is 0 Å². The molecule has 1 aromatic rings. The molecule has 66 valence electrons. The van der Waals surface area contributed by atoms with Crippen LogP contribution in [0.3, 0.4) is 0 Å². The van der Waals surface area contributed by atoms with Crippen molar-refractivity contribution in [1.29, 1.82) is 0 Å². The zero-order chi connectivity index (χ0) is 9.30. The van der Waals surface area contributed by atoms with Crippen molar-refractivity contribution in [3.8, 4) is 0 Å². The fraction of sp³-hybridized carbons (Fsp3) is 0.400. The van der Waals surface area contributed by atoms with E-state index in [4.69, 9.17) is 23.2 Å². The van der Waals surface area contributed by atoms with Gasteiger partial charge in [-0.05, 0) is 36.1 Å². The van der Waals surface area contributed by atoms with E-state index in [1.807, 2.05) is 12.1 Å². The Bertz CT molecular complexity index is 290. The van der Waals surface area contributed by atoms with Crippen molar-refractivity contribution in [2.24, 2.45) is 0 Å². The molecule has 0 radical (unpaired) electrons. The molecule has 12 heavy (non-hydrogen) atoms. The molecule has 0 spiro atoms. The van der Waals surface area contributed by atoms with Crippen LogP contribution in [0.25, 0.3) is 0 Å². The van der Waals surface area contributed by atoms with Gasteiger partial charge in [0, 0.05) is 0 Å². The first-order chi connectivity index (χ1) is 5.52. The summed E-state index contributed by atoms with van der Waals surface area (Å²) in [5.74, 6) is 0.500. The maximum atomic E-state index is 5.90. The van der Waals surface area contributed by atoms with Gasteiger partial charge >= 0.3 is 0 Å². The summed E-state index contributed by atoms with van der Waals surface area (Å²) in [7, 11) is 0. The number of rotatable bonds is 1. The highest BCUT2D eigenvalue weighted by Gasteiger charge is 2.06. The summed E-state index contributed by atoms with van der Waals surface area (Å²) in [4.78, 5) is 0. The van der Waals surface area contributed by atoms with E-state index in [0.717, 1.165) is 0 Å². The van der Waals surface area contributed by atoms with Gasteiger partial charge in [0.05, 0.1) is 10.0 Å². The van der Waals surface area contributed by atoms with Crippen LogP contribution in [-0.2, 0) is 0 Å². The second kappa shape index (κ2) is 3.68. The third-order valence-corrected chi connectivity index (χ3v) is 2.65. The zero-order valence-corrected chi connectivity index (χ0v) is 9.00. The fourth-order valence-electron chi connectivity index (χ4n) is 1.28. The van der Waals surface area contributed by atoms with Crippen molar-refractivity contribution in [2.45, 2.75) is 26.7 Å². The minimum atomic E-state index is 0.500. The lowest BCUT2D eigenvalue weighted by atomic mass is 9.98. The molecule has 2 heteroatoms. The van der Waals surface area contributed by atoms with Gasteiger partial charge in [-0.1, -0.05) is 37.0 Å². The maximum Gasteiger partial charge on any atom is 0.0595 e.